The minimum absolute atomic E-state index is 0.240. The van der Waals surface area contributed by atoms with Gasteiger partial charge >= 0.3 is 0 Å². The summed E-state index contributed by atoms with van der Waals surface area (Å²) in [5.74, 6) is 0.350. The maximum atomic E-state index is 9.37. The van der Waals surface area contributed by atoms with E-state index in [0.717, 1.165) is 17.2 Å². The van der Waals surface area contributed by atoms with Crippen molar-refractivity contribution in [2.24, 2.45) is 0 Å². The molecule has 0 bridgehead atoms. The molecule has 2 heteroatoms. The number of phenolic OH excluding ortho intramolecular Hbond substituents is 1. The van der Waals surface area contributed by atoms with Crippen LogP contribution < -0.4 is 0 Å². The van der Waals surface area contributed by atoms with E-state index in [1.54, 1.807) is 6.07 Å². The summed E-state index contributed by atoms with van der Waals surface area (Å²) in [7, 11) is 0. The lowest BCUT2D eigenvalue weighted by Crippen LogP contribution is -1.88. The third kappa shape index (κ3) is 3.84. The lowest BCUT2D eigenvalue weighted by molar-refractivity contribution is 0.299. The number of aliphatic hydroxyl groups is 1. The van der Waals surface area contributed by atoms with Gasteiger partial charge in [0, 0.05) is 12.0 Å². The zero-order valence-corrected chi connectivity index (χ0v) is 11.2. The lowest BCUT2D eigenvalue weighted by Gasteiger charge is -1.97. The molecule has 0 radical (unpaired) electrons. The predicted molar refractivity (Wildman–Crippen MR) is 82.8 cm³/mol. The van der Waals surface area contributed by atoms with E-state index in [1.165, 1.54) is 5.56 Å². The topological polar surface area (TPSA) is 40.5 Å². The molecule has 0 saturated heterocycles. The Hall–Kier alpha value is -2.32. The van der Waals surface area contributed by atoms with Gasteiger partial charge in [0.05, 0.1) is 0 Å². The van der Waals surface area contributed by atoms with Crippen molar-refractivity contribution >= 4 is 10.8 Å². The lowest BCUT2D eigenvalue weighted by atomic mass is 10.1. The average Bonchev–Trinajstić information content (AvgIpc) is 2.50. The first-order valence-electron chi connectivity index (χ1n) is 6.63. The van der Waals surface area contributed by atoms with E-state index >= 15 is 0 Å². The van der Waals surface area contributed by atoms with E-state index < -0.39 is 0 Å². The molecule has 0 saturated carbocycles. The fraction of sp³-hybridized carbons (Fsp3) is 0.111. The largest absolute Gasteiger partial charge is 0.507 e. The Morgan fingerprint density at radius 2 is 1.35 bits per heavy atom. The predicted octanol–water partition coefficient (Wildman–Crippen LogP) is 3.77. The van der Waals surface area contributed by atoms with Crippen LogP contribution in [-0.2, 0) is 6.42 Å². The fourth-order valence-corrected chi connectivity index (χ4v) is 1.98. The standard InChI is InChI=1S/C10H8O.C8H10O/c11-10-7-3-5-8-4-1-2-6-9(8)10;9-7-6-8-4-2-1-3-5-8/h1-7,11H;1-5,9H,6-7H2. The van der Waals surface area contributed by atoms with Crippen molar-refractivity contribution in [2.45, 2.75) is 6.42 Å². The second kappa shape index (κ2) is 7.31. The van der Waals surface area contributed by atoms with Gasteiger partial charge in [0.1, 0.15) is 5.75 Å². The summed E-state index contributed by atoms with van der Waals surface area (Å²) >= 11 is 0. The Morgan fingerprint density at radius 1 is 0.700 bits per heavy atom. The van der Waals surface area contributed by atoms with Gasteiger partial charge in [-0.3, -0.25) is 0 Å². The van der Waals surface area contributed by atoms with Crippen molar-refractivity contribution in [3.05, 3.63) is 78.4 Å². The molecule has 102 valence electrons. The number of aliphatic hydroxyl groups excluding tert-OH is 1. The Bertz CT molecular complexity index is 642. The van der Waals surface area contributed by atoms with Gasteiger partial charge in [-0.1, -0.05) is 66.7 Å². The number of benzene rings is 3. The molecule has 3 aromatic carbocycles. The van der Waals surface area contributed by atoms with E-state index in [-0.39, 0.29) is 6.61 Å². The van der Waals surface area contributed by atoms with Gasteiger partial charge in [0.15, 0.2) is 0 Å². The highest BCUT2D eigenvalue weighted by atomic mass is 16.3. The van der Waals surface area contributed by atoms with Crippen LogP contribution in [0.5, 0.6) is 5.75 Å². The van der Waals surface area contributed by atoms with Crippen LogP contribution in [0, 0.1) is 0 Å². The molecule has 0 aliphatic rings. The maximum Gasteiger partial charge on any atom is 0.123 e. The Morgan fingerprint density at radius 3 is 2.05 bits per heavy atom. The fourth-order valence-electron chi connectivity index (χ4n) is 1.98. The Balaban J connectivity index is 0.000000151. The van der Waals surface area contributed by atoms with Gasteiger partial charge in [0.25, 0.3) is 0 Å². The number of hydrogen-bond acceptors (Lipinski definition) is 2. The van der Waals surface area contributed by atoms with Crippen LogP contribution in [-0.4, -0.2) is 16.8 Å². The highest BCUT2D eigenvalue weighted by Crippen LogP contribution is 2.22. The molecule has 0 amide bonds. The molecule has 0 fully saturated rings. The third-order valence-electron chi connectivity index (χ3n) is 3.01. The zero-order valence-electron chi connectivity index (χ0n) is 11.2. The van der Waals surface area contributed by atoms with E-state index in [1.807, 2.05) is 66.7 Å². The second-order valence-corrected chi connectivity index (χ2v) is 4.46. The molecule has 2 nitrogen and oxygen atoms in total. The molecular formula is C18H18O2. The van der Waals surface area contributed by atoms with Gasteiger partial charge in [-0.15, -0.1) is 0 Å². The zero-order chi connectivity index (χ0) is 14.2. The van der Waals surface area contributed by atoms with Crippen molar-refractivity contribution in [3.8, 4) is 5.75 Å². The van der Waals surface area contributed by atoms with Crippen molar-refractivity contribution in [1.29, 1.82) is 0 Å². The summed E-state index contributed by atoms with van der Waals surface area (Å²) in [5, 5.41) is 19.9. The molecule has 20 heavy (non-hydrogen) atoms. The van der Waals surface area contributed by atoms with Crippen molar-refractivity contribution in [1.82, 2.24) is 0 Å². The van der Waals surface area contributed by atoms with Crippen LogP contribution >= 0.6 is 0 Å². The maximum absolute atomic E-state index is 9.37. The van der Waals surface area contributed by atoms with E-state index in [4.69, 9.17) is 5.11 Å². The second-order valence-electron chi connectivity index (χ2n) is 4.46. The summed E-state index contributed by atoms with van der Waals surface area (Å²) < 4.78 is 0. The normalized spacial score (nSPS) is 9.85. The molecule has 0 unspecified atom stereocenters. The number of fused-ring (bicyclic) bond motifs is 1. The highest BCUT2D eigenvalue weighted by molar-refractivity contribution is 5.87. The van der Waals surface area contributed by atoms with Crippen LogP contribution in [0.1, 0.15) is 5.56 Å². The van der Waals surface area contributed by atoms with Gasteiger partial charge in [-0.2, -0.15) is 0 Å². The highest BCUT2D eigenvalue weighted by Gasteiger charge is 1.94. The van der Waals surface area contributed by atoms with Crippen molar-refractivity contribution < 1.29 is 10.2 Å². The first-order valence-corrected chi connectivity index (χ1v) is 6.63. The first kappa shape index (κ1) is 14.1. The summed E-state index contributed by atoms with van der Waals surface area (Å²) in [6.07, 6.45) is 0.765. The molecular weight excluding hydrogens is 248 g/mol. The summed E-state index contributed by atoms with van der Waals surface area (Å²) in [5.41, 5.74) is 1.19. The van der Waals surface area contributed by atoms with Gasteiger partial charge in [-0.05, 0) is 23.4 Å². The third-order valence-corrected chi connectivity index (χ3v) is 3.01. The molecule has 0 aliphatic heterocycles. The number of aromatic hydroxyl groups is 1. The molecule has 0 aliphatic carbocycles. The van der Waals surface area contributed by atoms with Crippen LogP contribution in [0.4, 0.5) is 0 Å². The Kier molecular flexibility index (Phi) is 5.15. The molecule has 3 rings (SSSR count). The van der Waals surface area contributed by atoms with Crippen LogP contribution in [0.3, 0.4) is 0 Å². The van der Waals surface area contributed by atoms with Crippen molar-refractivity contribution in [3.63, 3.8) is 0 Å². The van der Waals surface area contributed by atoms with Gasteiger partial charge in [0.2, 0.25) is 0 Å². The quantitative estimate of drug-likeness (QED) is 0.741. The first-order chi connectivity index (χ1) is 9.81. The number of rotatable bonds is 2. The Labute approximate surface area is 118 Å². The van der Waals surface area contributed by atoms with Crippen molar-refractivity contribution in [2.75, 3.05) is 6.61 Å². The smallest absolute Gasteiger partial charge is 0.123 e. The minimum Gasteiger partial charge on any atom is -0.507 e. The van der Waals surface area contributed by atoms with Crippen LogP contribution in [0.15, 0.2) is 72.8 Å². The summed E-state index contributed by atoms with van der Waals surface area (Å²) in [4.78, 5) is 0. The molecule has 3 aromatic rings. The van der Waals surface area contributed by atoms with E-state index in [2.05, 4.69) is 0 Å². The molecule has 0 atom stereocenters. The number of phenols is 1. The van der Waals surface area contributed by atoms with E-state index in [9.17, 15) is 5.11 Å². The summed E-state index contributed by atoms with van der Waals surface area (Å²) in [6.45, 7) is 0.240. The molecule has 0 heterocycles. The summed E-state index contributed by atoms with van der Waals surface area (Å²) in [6, 6.07) is 23.2. The van der Waals surface area contributed by atoms with Crippen LogP contribution in [0.2, 0.25) is 0 Å². The average molecular weight is 266 g/mol. The van der Waals surface area contributed by atoms with Gasteiger partial charge in [-0.25, -0.2) is 0 Å². The molecule has 0 spiro atoms. The molecule has 0 aromatic heterocycles. The number of hydrogen-bond donors (Lipinski definition) is 2. The van der Waals surface area contributed by atoms with Gasteiger partial charge < -0.3 is 10.2 Å². The SMILES string of the molecule is OCCc1ccccc1.Oc1cccc2ccccc12. The van der Waals surface area contributed by atoms with E-state index in [0.29, 0.717) is 5.75 Å². The van der Waals surface area contributed by atoms with Crippen LogP contribution in [0.25, 0.3) is 10.8 Å². The molecule has 2 N–H and O–H groups in total. The minimum atomic E-state index is 0.240. The monoisotopic (exact) mass is 266 g/mol.